The van der Waals surface area contributed by atoms with Crippen LogP contribution in [0.5, 0.6) is 0 Å². The fourth-order valence-electron chi connectivity index (χ4n) is 3.30. The van der Waals surface area contributed by atoms with Gasteiger partial charge in [0.15, 0.2) is 0 Å². The first-order valence-corrected chi connectivity index (χ1v) is 9.91. The third-order valence-electron chi connectivity index (χ3n) is 4.89. The van der Waals surface area contributed by atoms with E-state index in [1.54, 1.807) is 0 Å². The summed E-state index contributed by atoms with van der Waals surface area (Å²) in [5.74, 6) is 0.360. The lowest BCUT2D eigenvalue weighted by Gasteiger charge is -2.32. The van der Waals surface area contributed by atoms with E-state index in [0.717, 1.165) is 24.0 Å². The van der Waals surface area contributed by atoms with Crippen molar-refractivity contribution in [3.05, 3.63) is 60.2 Å². The largest absolute Gasteiger partial charge is 0.449 e. The summed E-state index contributed by atoms with van der Waals surface area (Å²) in [6.45, 7) is 5.69. The van der Waals surface area contributed by atoms with Crippen LogP contribution in [0.4, 0.5) is 4.79 Å². The third kappa shape index (κ3) is 5.35. The fourth-order valence-corrected chi connectivity index (χ4v) is 3.30. The minimum absolute atomic E-state index is 0.0421. The maximum atomic E-state index is 12.8. The number of likely N-dealkylation sites (tertiary alicyclic amines) is 1. The minimum atomic E-state index is -0.366. The molecular formula is C23H28N2O3. The molecule has 1 aliphatic heterocycles. The van der Waals surface area contributed by atoms with Crippen molar-refractivity contribution in [2.24, 2.45) is 5.92 Å². The van der Waals surface area contributed by atoms with Crippen LogP contribution >= 0.6 is 0 Å². The molecule has 2 aromatic rings. The molecule has 3 rings (SSSR count). The van der Waals surface area contributed by atoms with Gasteiger partial charge < -0.3 is 15.0 Å². The summed E-state index contributed by atoms with van der Waals surface area (Å²) < 4.78 is 5.17. The number of rotatable bonds is 5. The highest BCUT2D eigenvalue weighted by Crippen LogP contribution is 2.21. The van der Waals surface area contributed by atoms with Crippen molar-refractivity contribution < 1.29 is 14.3 Å². The van der Waals surface area contributed by atoms with Gasteiger partial charge in [0, 0.05) is 24.7 Å². The smallest absolute Gasteiger partial charge is 0.407 e. The lowest BCUT2D eigenvalue weighted by atomic mass is 10.0. The van der Waals surface area contributed by atoms with Crippen LogP contribution in [-0.2, 0) is 4.74 Å². The van der Waals surface area contributed by atoms with Crippen molar-refractivity contribution in [3.8, 4) is 11.1 Å². The summed E-state index contributed by atoms with van der Waals surface area (Å²) in [5.41, 5.74) is 2.93. The van der Waals surface area contributed by atoms with Crippen LogP contribution < -0.4 is 5.32 Å². The van der Waals surface area contributed by atoms with E-state index in [0.29, 0.717) is 31.2 Å². The fraction of sp³-hybridized carbons (Fsp3) is 0.391. The van der Waals surface area contributed by atoms with Crippen LogP contribution in [0.1, 0.15) is 37.0 Å². The zero-order chi connectivity index (χ0) is 19.9. The van der Waals surface area contributed by atoms with E-state index in [-0.39, 0.29) is 18.0 Å². The standard InChI is InChI=1S/C23H28N2O3/c1-17(2)16-28-23(27)24-21-12-14-25(15-13-21)22(26)20-10-8-19(9-11-20)18-6-4-3-5-7-18/h3-11,17,21H,12-16H2,1-2H3,(H,24,27). The van der Waals surface area contributed by atoms with Crippen molar-refractivity contribution >= 4 is 12.0 Å². The van der Waals surface area contributed by atoms with Crippen LogP contribution in [-0.4, -0.2) is 42.6 Å². The van der Waals surface area contributed by atoms with Gasteiger partial charge in [-0.3, -0.25) is 4.79 Å². The SMILES string of the molecule is CC(C)COC(=O)NC1CCN(C(=O)c2ccc(-c3ccccc3)cc2)CC1. The topological polar surface area (TPSA) is 58.6 Å². The number of carbonyl (C=O) groups excluding carboxylic acids is 2. The van der Waals surface area contributed by atoms with Gasteiger partial charge in [0.25, 0.3) is 5.91 Å². The summed E-state index contributed by atoms with van der Waals surface area (Å²) in [7, 11) is 0. The van der Waals surface area contributed by atoms with Gasteiger partial charge in [-0.05, 0) is 42.0 Å². The molecule has 1 fully saturated rings. The monoisotopic (exact) mass is 380 g/mol. The summed E-state index contributed by atoms with van der Waals surface area (Å²) in [6.07, 6.45) is 1.12. The predicted molar refractivity (Wildman–Crippen MR) is 110 cm³/mol. The van der Waals surface area contributed by atoms with Crippen molar-refractivity contribution in [1.29, 1.82) is 0 Å². The van der Waals surface area contributed by atoms with E-state index < -0.39 is 0 Å². The van der Waals surface area contributed by atoms with Gasteiger partial charge in [0.1, 0.15) is 0 Å². The Morgan fingerprint density at radius 3 is 2.21 bits per heavy atom. The highest BCUT2D eigenvalue weighted by atomic mass is 16.5. The number of amides is 2. The Balaban J connectivity index is 1.50. The molecule has 5 heteroatoms. The lowest BCUT2D eigenvalue weighted by molar-refractivity contribution is 0.0700. The Morgan fingerprint density at radius 2 is 1.61 bits per heavy atom. The van der Waals surface area contributed by atoms with Gasteiger partial charge in [-0.15, -0.1) is 0 Å². The molecule has 1 aliphatic rings. The lowest BCUT2D eigenvalue weighted by Crippen LogP contribution is -2.46. The average molecular weight is 380 g/mol. The average Bonchev–Trinajstić information content (AvgIpc) is 2.73. The molecule has 148 valence electrons. The van der Waals surface area contributed by atoms with Gasteiger partial charge in [-0.25, -0.2) is 4.79 Å². The van der Waals surface area contributed by atoms with E-state index in [2.05, 4.69) is 17.4 Å². The van der Waals surface area contributed by atoms with Gasteiger partial charge in [0.05, 0.1) is 6.61 Å². The molecule has 0 saturated carbocycles. The van der Waals surface area contributed by atoms with E-state index >= 15 is 0 Å². The maximum absolute atomic E-state index is 12.8. The molecule has 1 saturated heterocycles. The summed E-state index contributed by atoms with van der Waals surface area (Å²) in [5, 5.41) is 2.90. The van der Waals surface area contributed by atoms with Crippen LogP contribution in [0.15, 0.2) is 54.6 Å². The van der Waals surface area contributed by atoms with Gasteiger partial charge in [-0.1, -0.05) is 56.3 Å². The van der Waals surface area contributed by atoms with Crippen molar-refractivity contribution in [3.63, 3.8) is 0 Å². The molecule has 0 unspecified atom stereocenters. The van der Waals surface area contributed by atoms with E-state index in [4.69, 9.17) is 4.74 Å². The molecule has 0 atom stereocenters. The molecule has 2 aromatic carbocycles. The zero-order valence-electron chi connectivity index (χ0n) is 16.6. The van der Waals surface area contributed by atoms with Crippen molar-refractivity contribution in [2.75, 3.05) is 19.7 Å². The Morgan fingerprint density at radius 1 is 1.00 bits per heavy atom. The molecule has 1 N–H and O–H groups in total. The maximum Gasteiger partial charge on any atom is 0.407 e. The number of ether oxygens (including phenoxy) is 1. The highest BCUT2D eigenvalue weighted by molar-refractivity contribution is 5.94. The Kier molecular flexibility index (Phi) is 6.69. The highest BCUT2D eigenvalue weighted by Gasteiger charge is 2.25. The number of hydrogen-bond acceptors (Lipinski definition) is 3. The van der Waals surface area contributed by atoms with Gasteiger partial charge >= 0.3 is 6.09 Å². The second-order valence-corrected chi connectivity index (χ2v) is 7.65. The molecular weight excluding hydrogens is 352 g/mol. The van der Waals surface area contributed by atoms with Crippen LogP contribution in [0.2, 0.25) is 0 Å². The molecule has 1 heterocycles. The first-order valence-electron chi connectivity index (χ1n) is 9.91. The number of benzene rings is 2. The quantitative estimate of drug-likeness (QED) is 0.839. The Hall–Kier alpha value is -2.82. The van der Waals surface area contributed by atoms with Gasteiger partial charge in [0.2, 0.25) is 0 Å². The number of alkyl carbamates (subject to hydrolysis) is 1. The van der Waals surface area contributed by atoms with E-state index in [1.165, 1.54) is 0 Å². The molecule has 5 nitrogen and oxygen atoms in total. The molecule has 28 heavy (non-hydrogen) atoms. The Bertz CT molecular complexity index is 779. The number of piperidine rings is 1. The third-order valence-corrected chi connectivity index (χ3v) is 4.89. The molecule has 2 amide bonds. The van der Waals surface area contributed by atoms with Crippen molar-refractivity contribution in [2.45, 2.75) is 32.7 Å². The molecule has 0 aliphatic carbocycles. The first-order chi connectivity index (χ1) is 13.5. The predicted octanol–water partition coefficient (Wildman–Crippen LogP) is 4.34. The van der Waals surface area contributed by atoms with Crippen molar-refractivity contribution in [1.82, 2.24) is 10.2 Å². The Labute approximate surface area is 166 Å². The number of hydrogen-bond donors (Lipinski definition) is 1. The van der Waals surface area contributed by atoms with Crippen LogP contribution in [0, 0.1) is 5.92 Å². The van der Waals surface area contributed by atoms with Crippen LogP contribution in [0.3, 0.4) is 0 Å². The number of nitrogens with zero attached hydrogens (tertiary/aromatic N) is 1. The summed E-state index contributed by atoms with van der Waals surface area (Å²) in [6, 6.07) is 17.9. The molecule has 0 spiro atoms. The van der Waals surface area contributed by atoms with Gasteiger partial charge in [-0.2, -0.15) is 0 Å². The van der Waals surface area contributed by atoms with E-state index in [1.807, 2.05) is 61.2 Å². The normalized spacial score (nSPS) is 14.8. The number of nitrogens with one attached hydrogen (secondary N) is 1. The zero-order valence-corrected chi connectivity index (χ0v) is 16.6. The summed E-state index contributed by atoms with van der Waals surface area (Å²) >= 11 is 0. The number of carbonyl (C=O) groups is 2. The minimum Gasteiger partial charge on any atom is -0.449 e. The second kappa shape index (κ2) is 9.40. The first kappa shape index (κ1) is 19.9. The molecule has 0 aromatic heterocycles. The summed E-state index contributed by atoms with van der Waals surface area (Å²) in [4.78, 5) is 26.4. The molecule has 0 radical (unpaired) electrons. The molecule has 0 bridgehead atoms. The van der Waals surface area contributed by atoms with E-state index in [9.17, 15) is 9.59 Å². The second-order valence-electron chi connectivity index (χ2n) is 7.65. The van der Waals surface area contributed by atoms with Crippen LogP contribution in [0.25, 0.3) is 11.1 Å².